The Morgan fingerprint density at radius 3 is 1.86 bits per heavy atom. The molecular formula is C16H25N3O2. The highest BCUT2D eigenvalue weighted by Gasteiger charge is 2.76. The average molecular weight is 291 g/mol. The summed E-state index contributed by atoms with van der Waals surface area (Å²) in [4.78, 5) is 23.8. The van der Waals surface area contributed by atoms with Crippen molar-refractivity contribution in [3.63, 3.8) is 0 Å². The molecule has 5 nitrogen and oxygen atoms in total. The van der Waals surface area contributed by atoms with Gasteiger partial charge in [-0.05, 0) is 74.3 Å². The van der Waals surface area contributed by atoms with Gasteiger partial charge in [0, 0.05) is 0 Å². The molecule has 4 fully saturated rings. The van der Waals surface area contributed by atoms with Gasteiger partial charge in [-0.1, -0.05) is 0 Å². The van der Waals surface area contributed by atoms with Crippen LogP contribution >= 0.6 is 0 Å². The van der Waals surface area contributed by atoms with E-state index in [0.29, 0.717) is 17.8 Å². The molecular weight excluding hydrogens is 266 g/mol. The summed E-state index contributed by atoms with van der Waals surface area (Å²) in [6.07, 6.45) is 5.77. The first-order chi connectivity index (χ1) is 10.1. The van der Waals surface area contributed by atoms with Crippen LogP contribution in [0.5, 0.6) is 0 Å². The van der Waals surface area contributed by atoms with E-state index in [1.807, 2.05) is 0 Å². The molecule has 5 N–H and O–H groups in total. The molecule has 1 heterocycles. The van der Waals surface area contributed by atoms with Crippen molar-refractivity contribution in [2.75, 3.05) is 13.1 Å². The maximum absolute atomic E-state index is 11.9. The van der Waals surface area contributed by atoms with E-state index >= 15 is 0 Å². The van der Waals surface area contributed by atoms with Crippen LogP contribution < -0.4 is 16.8 Å². The summed E-state index contributed by atoms with van der Waals surface area (Å²) < 4.78 is 0. The molecule has 21 heavy (non-hydrogen) atoms. The molecule has 0 aromatic rings. The summed E-state index contributed by atoms with van der Waals surface area (Å²) in [6, 6.07) is 0. The van der Waals surface area contributed by atoms with E-state index in [2.05, 4.69) is 5.32 Å². The summed E-state index contributed by atoms with van der Waals surface area (Å²) in [7, 11) is 0. The molecule has 116 valence electrons. The molecule has 5 unspecified atom stereocenters. The highest BCUT2D eigenvalue weighted by molar-refractivity contribution is 5.88. The number of rotatable bonds is 3. The van der Waals surface area contributed by atoms with E-state index in [1.165, 1.54) is 19.3 Å². The number of primary amides is 2. The summed E-state index contributed by atoms with van der Waals surface area (Å²) in [5.41, 5.74) is 11.5. The molecule has 4 aliphatic rings. The third-order valence-electron chi connectivity index (χ3n) is 7.14. The third kappa shape index (κ3) is 1.67. The fourth-order valence-electron chi connectivity index (χ4n) is 6.48. The van der Waals surface area contributed by atoms with Crippen molar-refractivity contribution in [3.05, 3.63) is 0 Å². The second-order valence-electron chi connectivity index (χ2n) is 7.66. The van der Waals surface area contributed by atoms with Crippen LogP contribution in [0.15, 0.2) is 0 Å². The zero-order chi connectivity index (χ0) is 14.8. The van der Waals surface area contributed by atoms with Crippen molar-refractivity contribution in [1.82, 2.24) is 5.32 Å². The third-order valence-corrected chi connectivity index (χ3v) is 7.14. The van der Waals surface area contributed by atoms with Crippen molar-refractivity contribution in [2.24, 2.45) is 52.4 Å². The number of carbonyl (C=O) groups excluding carboxylic acids is 2. The molecule has 1 saturated heterocycles. The van der Waals surface area contributed by atoms with Gasteiger partial charge < -0.3 is 16.8 Å². The molecule has 2 amide bonds. The van der Waals surface area contributed by atoms with Gasteiger partial charge in [-0.25, -0.2) is 0 Å². The Labute approximate surface area is 125 Å². The minimum absolute atomic E-state index is 0.224. The largest absolute Gasteiger partial charge is 0.369 e. The first kappa shape index (κ1) is 13.6. The van der Waals surface area contributed by atoms with E-state index in [-0.39, 0.29) is 29.1 Å². The Hall–Kier alpha value is -1.10. The Morgan fingerprint density at radius 2 is 1.38 bits per heavy atom. The van der Waals surface area contributed by atoms with Crippen molar-refractivity contribution < 1.29 is 9.59 Å². The zero-order valence-corrected chi connectivity index (χ0v) is 12.4. The van der Waals surface area contributed by atoms with Gasteiger partial charge in [-0.3, -0.25) is 9.59 Å². The van der Waals surface area contributed by atoms with Crippen molar-refractivity contribution in [1.29, 1.82) is 0 Å². The van der Waals surface area contributed by atoms with E-state index in [9.17, 15) is 9.59 Å². The Morgan fingerprint density at radius 1 is 0.857 bits per heavy atom. The number of amides is 2. The van der Waals surface area contributed by atoms with Gasteiger partial charge in [0.05, 0.1) is 11.8 Å². The van der Waals surface area contributed by atoms with Gasteiger partial charge >= 0.3 is 0 Å². The molecule has 0 radical (unpaired) electrons. The Bertz CT molecular complexity index is 458. The fraction of sp³-hybridized carbons (Fsp3) is 0.875. The lowest BCUT2D eigenvalue weighted by atomic mass is 9.78. The fourth-order valence-corrected chi connectivity index (χ4v) is 6.48. The van der Waals surface area contributed by atoms with Crippen LogP contribution in [0, 0.1) is 40.9 Å². The zero-order valence-electron chi connectivity index (χ0n) is 12.4. The Kier molecular flexibility index (Phi) is 2.87. The summed E-state index contributed by atoms with van der Waals surface area (Å²) >= 11 is 0. The van der Waals surface area contributed by atoms with E-state index in [4.69, 9.17) is 11.5 Å². The second kappa shape index (κ2) is 4.45. The van der Waals surface area contributed by atoms with Crippen LogP contribution in [0.4, 0.5) is 0 Å². The quantitative estimate of drug-likeness (QED) is 0.694. The molecule has 0 aromatic heterocycles. The highest BCUT2D eigenvalue weighted by atomic mass is 16.2. The van der Waals surface area contributed by atoms with Gasteiger partial charge in [0.15, 0.2) is 0 Å². The Balaban J connectivity index is 1.63. The van der Waals surface area contributed by atoms with E-state index < -0.39 is 0 Å². The molecule has 0 aromatic carbocycles. The number of piperidine rings is 1. The maximum Gasteiger partial charge on any atom is 0.221 e. The second-order valence-corrected chi connectivity index (χ2v) is 7.66. The number of hydrogen-bond acceptors (Lipinski definition) is 3. The average Bonchev–Trinajstić information content (AvgIpc) is 3.04. The van der Waals surface area contributed by atoms with Crippen molar-refractivity contribution in [3.8, 4) is 0 Å². The maximum atomic E-state index is 11.9. The molecule has 3 aliphatic carbocycles. The highest BCUT2D eigenvalue weighted by Crippen LogP contribution is 2.79. The lowest BCUT2D eigenvalue weighted by Crippen LogP contribution is -2.41. The number of carbonyl (C=O) groups is 2. The number of nitrogens with two attached hydrogens (primary N) is 2. The van der Waals surface area contributed by atoms with Crippen LogP contribution in [0.25, 0.3) is 0 Å². The summed E-state index contributed by atoms with van der Waals surface area (Å²) in [5.74, 6) is 0.885. The minimum Gasteiger partial charge on any atom is -0.369 e. The molecule has 4 rings (SSSR count). The van der Waals surface area contributed by atoms with Crippen LogP contribution in [0.2, 0.25) is 0 Å². The standard InChI is InChI=1S/C16H25N3O2/c17-14(20)12-9-1-2-10(13(12)15(18)21)16(9)7-11(16)8-3-5-19-6-4-8/h8-13,19H,1-7H2,(H2,17,20)(H2,18,21). The number of nitrogens with one attached hydrogen (secondary N) is 1. The van der Waals surface area contributed by atoms with Crippen LogP contribution in [0.1, 0.15) is 32.1 Å². The van der Waals surface area contributed by atoms with Crippen LogP contribution in [0.3, 0.4) is 0 Å². The molecule has 1 spiro atoms. The van der Waals surface area contributed by atoms with Crippen LogP contribution in [-0.4, -0.2) is 24.9 Å². The monoisotopic (exact) mass is 291 g/mol. The molecule has 5 atom stereocenters. The van der Waals surface area contributed by atoms with Gasteiger partial charge in [0.25, 0.3) is 0 Å². The first-order valence-electron chi connectivity index (χ1n) is 8.36. The molecule has 3 saturated carbocycles. The first-order valence-corrected chi connectivity index (χ1v) is 8.36. The number of hydrogen-bond donors (Lipinski definition) is 3. The predicted octanol–water partition coefficient (Wildman–Crippen LogP) is 0.235. The van der Waals surface area contributed by atoms with Gasteiger partial charge in [-0.15, -0.1) is 0 Å². The molecule has 2 bridgehead atoms. The van der Waals surface area contributed by atoms with Gasteiger partial charge in [-0.2, -0.15) is 0 Å². The van der Waals surface area contributed by atoms with Gasteiger partial charge in [0.2, 0.25) is 11.8 Å². The SMILES string of the molecule is NC(=O)C1C(C(N)=O)C2CCC1C21CC1C1CCNCC1. The normalized spacial score (nSPS) is 48.7. The minimum atomic E-state index is -0.304. The van der Waals surface area contributed by atoms with Gasteiger partial charge in [0.1, 0.15) is 0 Å². The van der Waals surface area contributed by atoms with Crippen molar-refractivity contribution >= 4 is 11.8 Å². The topological polar surface area (TPSA) is 98.2 Å². The van der Waals surface area contributed by atoms with Crippen LogP contribution in [-0.2, 0) is 9.59 Å². The predicted molar refractivity (Wildman–Crippen MR) is 77.7 cm³/mol. The summed E-state index contributed by atoms with van der Waals surface area (Å²) in [5, 5.41) is 3.42. The van der Waals surface area contributed by atoms with Crippen molar-refractivity contribution in [2.45, 2.75) is 32.1 Å². The smallest absolute Gasteiger partial charge is 0.221 e. The van der Waals surface area contributed by atoms with E-state index in [0.717, 1.165) is 31.8 Å². The van der Waals surface area contributed by atoms with E-state index in [1.54, 1.807) is 0 Å². The molecule has 1 aliphatic heterocycles. The summed E-state index contributed by atoms with van der Waals surface area (Å²) in [6.45, 7) is 2.20. The lowest BCUT2D eigenvalue weighted by molar-refractivity contribution is -0.133. The lowest BCUT2D eigenvalue weighted by Gasteiger charge is -2.27. The molecule has 5 heteroatoms.